The van der Waals surface area contributed by atoms with E-state index in [4.69, 9.17) is 4.74 Å². The van der Waals surface area contributed by atoms with Crippen LogP contribution in [0.15, 0.2) is 48.5 Å². The number of amides is 2. The van der Waals surface area contributed by atoms with Crippen LogP contribution in [0.3, 0.4) is 0 Å². The fourth-order valence-corrected chi connectivity index (χ4v) is 4.59. The number of thioether (sulfide) groups is 1. The van der Waals surface area contributed by atoms with E-state index in [0.29, 0.717) is 11.4 Å². The number of nitrogens with one attached hydrogen (secondary N) is 2. The Kier molecular flexibility index (Phi) is 7.08. The van der Waals surface area contributed by atoms with E-state index in [-0.39, 0.29) is 23.1 Å². The molecule has 0 radical (unpaired) electrons. The van der Waals surface area contributed by atoms with Crippen LogP contribution in [0.25, 0.3) is 0 Å². The van der Waals surface area contributed by atoms with E-state index in [1.807, 2.05) is 36.4 Å². The van der Waals surface area contributed by atoms with E-state index >= 15 is 0 Å². The molecule has 0 spiro atoms. The van der Waals surface area contributed by atoms with Gasteiger partial charge >= 0.3 is 0 Å². The molecule has 160 valence electrons. The summed E-state index contributed by atoms with van der Waals surface area (Å²) in [6.45, 7) is 6.45. The van der Waals surface area contributed by atoms with Gasteiger partial charge in [0.25, 0.3) is 5.91 Å². The van der Waals surface area contributed by atoms with Gasteiger partial charge in [-0.2, -0.15) is 11.8 Å². The Morgan fingerprint density at radius 1 is 1.07 bits per heavy atom. The summed E-state index contributed by atoms with van der Waals surface area (Å²) in [6, 6.07) is 14.3. The summed E-state index contributed by atoms with van der Waals surface area (Å²) in [5.41, 5.74) is 2.66. The molecule has 1 aliphatic rings. The zero-order valence-corrected chi connectivity index (χ0v) is 18.8. The number of carbonyl (C=O) groups excluding carboxylic acids is 2. The number of methoxy groups -OCH3 is 1. The molecule has 2 aromatic rings. The first-order valence-electron chi connectivity index (χ1n) is 10.2. The minimum Gasteiger partial charge on any atom is -0.497 e. The molecule has 0 aromatic heterocycles. The Morgan fingerprint density at radius 3 is 2.27 bits per heavy atom. The standard InChI is InChI=1S/C24H30N2O3S/c1-24(2,3)18-7-9-19(10-8-18)25-23(28)21(16-5-11-20(29-4)12-6-16)26-22(27)17-13-14-30-15-17/h5-12,17,21H,13-15H2,1-4H3,(H,25,28)(H,26,27). The summed E-state index contributed by atoms with van der Waals surface area (Å²) >= 11 is 1.77. The molecule has 30 heavy (non-hydrogen) atoms. The third kappa shape index (κ3) is 5.57. The highest BCUT2D eigenvalue weighted by molar-refractivity contribution is 7.99. The fourth-order valence-electron chi connectivity index (χ4n) is 3.37. The number of ether oxygens (including phenoxy) is 1. The van der Waals surface area contributed by atoms with E-state index in [1.54, 1.807) is 31.0 Å². The number of hydrogen-bond acceptors (Lipinski definition) is 4. The van der Waals surface area contributed by atoms with Crippen LogP contribution < -0.4 is 15.4 Å². The molecule has 0 bridgehead atoms. The Hall–Kier alpha value is -2.47. The van der Waals surface area contributed by atoms with Gasteiger partial charge in [0, 0.05) is 17.4 Å². The van der Waals surface area contributed by atoms with Crippen molar-refractivity contribution in [3.63, 3.8) is 0 Å². The molecular weight excluding hydrogens is 396 g/mol. The number of benzene rings is 2. The summed E-state index contributed by atoms with van der Waals surface area (Å²) in [5, 5.41) is 5.92. The molecule has 2 amide bonds. The molecule has 2 aromatic carbocycles. The third-order valence-electron chi connectivity index (χ3n) is 5.32. The second-order valence-electron chi connectivity index (χ2n) is 8.59. The normalized spacial score (nSPS) is 17.3. The van der Waals surface area contributed by atoms with Crippen molar-refractivity contribution in [2.45, 2.75) is 38.6 Å². The number of carbonyl (C=O) groups is 2. The molecular formula is C24H30N2O3S. The molecule has 2 unspecified atom stereocenters. The molecule has 2 atom stereocenters. The van der Waals surface area contributed by atoms with Gasteiger partial charge in [0.15, 0.2) is 0 Å². The van der Waals surface area contributed by atoms with Crippen LogP contribution >= 0.6 is 11.8 Å². The maximum atomic E-state index is 13.1. The molecule has 1 aliphatic heterocycles. The maximum Gasteiger partial charge on any atom is 0.251 e. The predicted octanol–water partition coefficient (Wildman–Crippen LogP) is 4.54. The first kappa shape index (κ1) is 22.2. The highest BCUT2D eigenvalue weighted by Gasteiger charge is 2.29. The molecule has 6 heteroatoms. The lowest BCUT2D eigenvalue weighted by molar-refractivity contribution is -0.128. The van der Waals surface area contributed by atoms with E-state index in [2.05, 4.69) is 31.4 Å². The van der Waals surface area contributed by atoms with Gasteiger partial charge < -0.3 is 15.4 Å². The van der Waals surface area contributed by atoms with Crippen LogP contribution in [0.4, 0.5) is 5.69 Å². The lowest BCUT2D eigenvalue weighted by Gasteiger charge is -2.22. The second-order valence-corrected chi connectivity index (χ2v) is 9.74. The Labute approximate surface area is 183 Å². The summed E-state index contributed by atoms with van der Waals surface area (Å²) < 4.78 is 5.22. The molecule has 0 aliphatic carbocycles. The van der Waals surface area contributed by atoms with Gasteiger partial charge in [0.05, 0.1) is 7.11 Å². The van der Waals surface area contributed by atoms with Gasteiger partial charge in [0.2, 0.25) is 5.91 Å². The number of anilines is 1. The van der Waals surface area contributed by atoms with E-state index in [0.717, 1.165) is 23.5 Å². The molecule has 1 heterocycles. The first-order valence-corrected chi connectivity index (χ1v) is 11.4. The lowest BCUT2D eigenvalue weighted by atomic mass is 9.87. The van der Waals surface area contributed by atoms with Crippen molar-refractivity contribution in [1.82, 2.24) is 5.32 Å². The Morgan fingerprint density at radius 2 is 1.73 bits per heavy atom. The summed E-state index contributed by atoms with van der Waals surface area (Å²) in [7, 11) is 1.60. The minimum atomic E-state index is -0.767. The monoisotopic (exact) mass is 426 g/mol. The molecule has 0 saturated carbocycles. The van der Waals surface area contributed by atoms with Crippen molar-refractivity contribution < 1.29 is 14.3 Å². The van der Waals surface area contributed by atoms with Gasteiger partial charge in [-0.05, 0) is 53.0 Å². The van der Waals surface area contributed by atoms with Gasteiger partial charge in [-0.3, -0.25) is 9.59 Å². The predicted molar refractivity (Wildman–Crippen MR) is 123 cm³/mol. The van der Waals surface area contributed by atoms with Crippen molar-refractivity contribution >= 4 is 29.3 Å². The minimum absolute atomic E-state index is 0.0431. The van der Waals surface area contributed by atoms with Crippen LogP contribution in [0.2, 0.25) is 0 Å². The summed E-state index contributed by atoms with van der Waals surface area (Å²) in [6.07, 6.45) is 0.849. The number of rotatable bonds is 6. The molecule has 2 N–H and O–H groups in total. The SMILES string of the molecule is COc1ccc(C(NC(=O)C2CCSC2)C(=O)Nc2ccc(C(C)(C)C)cc2)cc1. The van der Waals surface area contributed by atoms with Crippen LogP contribution in [-0.4, -0.2) is 30.4 Å². The Balaban J connectivity index is 1.78. The fraction of sp³-hybridized carbons (Fsp3) is 0.417. The van der Waals surface area contributed by atoms with E-state index < -0.39 is 6.04 Å². The molecule has 1 saturated heterocycles. The lowest BCUT2D eigenvalue weighted by Crippen LogP contribution is -2.40. The van der Waals surface area contributed by atoms with Crippen molar-refractivity contribution in [3.8, 4) is 5.75 Å². The molecule has 5 nitrogen and oxygen atoms in total. The van der Waals surface area contributed by atoms with Gasteiger partial charge in [-0.15, -0.1) is 0 Å². The maximum absolute atomic E-state index is 13.1. The quantitative estimate of drug-likeness (QED) is 0.712. The van der Waals surface area contributed by atoms with E-state index in [9.17, 15) is 9.59 Å². The summed E-state index contributed by atoms with van der Waals surface area (Å²) in [4.78, 5) is 25.9. The first-order chi connectivity index (χ1) is 14.3. The molecule has 1 fully saturated rings. The molecule has 3 rings (SSSR count). The van der Waals surface area contributed by atoms with Crippen molar-refractivity contribution in [1.29, 1.82) is 0 Å². The van der Waals surface area contributed by atoms with Crippen molar-refractivity contribution in [3.05, 3.63) is 59.7 Å². The van der Waals surface area contributed by atoms with Gasteiger partial charge in [-0.1, -0.05) is 45.0 Å². The number of hydrogen-bond donors (Lipinski definition) is 2. The van der Waals surface area contributed by atoms with Gasteiger partial charge in [-0.25, -0.2) is 0 Å². The zero-order chi connectivity index (χ0) is 21.7. The van der Waals surface area contributed by atoms with Crippen molar-refractivity contribution in [2.24, 2.45) is 5.92 Å². The largest absolute Gasteiger partial charge is 0.497 e. The van der Waals surface area contributed by atoms with Crippen molar-refractivity contribution in [2.75, 3.05) is 23.9 Å². The van der Waals surface area contributed by atoms with Crippen LogP contribution in [0.5, 0.6) is 5.75 Å². The average molecular weight is 427 g/mol. The summed E-state index contributed by atoms with van der Waals surface area (Å²) in [5.74, 6) is 2.11. The average Bonchev–Trinajstić information content (AvgIpc) is 3.27. The highest BCUT2D eigenvalue weighted by Crippen LogP contribution is 2.27. The third-order valence-corrected chi connectivity index (χ3v) is 6.48. The van der Waals surface area contributed by atoms with Crippen LogP contribution in [0.1, 0.15) is 44.4 Å². The zero-order valence-electron chi connectivity index (χ0n) is 18.0. The second kappa shape index (κ2) is 9.56. The van der Waals surface area contributed by atoms with E-state index in [1.165, 1.54) is 5.56 Å². The van der Waals surface area contributed by atoms with Crippen LogP contribution in [0, 0.1) is 5.92 Å². The smallest absolute Gasteiger partial charge is 0.251 e. The van der Waals surface area contributed by atoms with Gasteiger partial charge in [0.1, 0.15) is 11.8 Å². The Bertz CT molecular complexity index is 867. The van der Waals surface area contributed by atoms with Crippen LogP contribution in [-0.2, 0) is 15.0 Å². The topological polar surface area (TPSA) is 67.4 Å². The highest BCUT2D eigenvalue weighted by atomic mass is 32.2.